The molecular formula is C15H13N3O. The molecule has 0 unspecified atom stereocenters. The second-order valence-corrected chi connectivity index (χ2v) is 4.07. The lowest BCUT2D eigenvalue weighted by Gasteiger charge is -2.12. The third kappa shape index (κ3) is 3.18. The van der Waals surface area contributed by atoms with Crippen molar-refractivity contribution in [3.63, 3.8) is 0 Å². The summed E-state index contributed by atoms with van der Waals surface area (Å²) in [6.45, 7) is 0. The van der Waals surface area contributed by atoms with Crippen LogP contribution in [0.4, 0.5) is 5.69 Å². The Kier molecular flexibility index (Phi) is 3.91. The van der Waals surface area contributed by atoms with Crippen LogP contribution in [0.15, 0.2) is 54.6 Å². The molecule has 0 aromatic heterocycles. The minimum Gasteiger partial charge on any atom is -0.324 e. The van der Waals surface area contributed by atoms with Crippen LogP contribution in [-0.4, -0.2) is 5.91 Å². The van der Waals surface area contributed by atoms with Crippen molar-refractivity contribution in [3.05, 3.63) is 65.7 Å². The molecule has 3 N–H and O–H groups in total. The molecule has 0 saturated heterocycles. The Morgan fingerprint density at radius 3 is 2.32 bits per heavy atom. The van der Waals surface area contributed by atoms with Gasteiger partial charge in [0.1, 0.15) is 6.04 Å². The summed E-state index contributed by atoms with van der Waals surface area (Å²) in [6.07, 6.45) is 0. The number of rotatable bonds is 3. The van der Waals surface area contributed by atoms with Crippen LogP contribution in [0.3, 0.4) is 0 Å². The van der Waals surface area contributed by atoms with Gasteiger partial charge in [0.05, 0.1) is 11.6 Å². The predicted molar refractivity (Wildman–Crippen MR) is 73.2 cm³/mol. The van der Waals surface area contributed by atoms with Gasteiger partial charge in [-0.05, 0) is 29.8 Å². The molecule has 0 aliphatic heterocycles. The van der Waals surface area contributed by atoms with Crippen LogP contribution in [0.2, 0.25) is 0 Å². The molecule has 1 amide bonds. The van der Waals surface area contributed by atoms with Crippen molar-refractivity contribution < 1.29 is 4.79 Å². The van der Waals surface area contributed by atoms with Crippen LogP contribution < -0.4 is 11.1 Å². The van der Waals surface area contributed by atoms with Crippen molar-refractivity contribution in [1.82, 2.24) is 0 Å². The molecule has 1 atom stereocenters. The van der Waals surface area contributed by atoms with Gasteiger partial charge in [-0.1, -0.05) is 30.3 Å². The van der Waals surface area contributed by atoms with Crippen LogP contribution in [0.1, 0.15) is 17.2 Å². The fraction of sp³-hybridized carbons (Fsp3) is 0.0667. The summed E-state index contributed by atoms with van der Waals surface area (Å²) in [5.41, 5.74) is 7.80. The molecule has 0 aliphatic rings. The molecule has 4 nitrogen and oxygen atoms in total. The number of benzene rings is 2. The zero-order valence-corrected chi connectivity index (χ0v) is 10.2. The lowest BCUT2D eigenvalue weighted by atomic mass is 10.1. The molecule has 19 heavy (non-hydrogen) atoms. The Labute approximate surface area is 111 Å². The Hall–Kier alpha value is -2.64. The molecule has 94 valence electrons. The van der Waals surface area contributed by atoms with Gasteiger partial charge in [-0.3, -0.25) is 4.79 Å². The molecule has 4 heteroatoms. The standard InChI is InChI=1S/C15H13N3O/c16-10-11-6-8-13(9-7-11)18-15(19)14(17)12-4-2-1-3-5-12/h1-9,14H,17H2,(H,18,19)/t14-/m1/s1. The molecule has 2 aromatic rings. The number of nitrogens with zero attached hydrogens (tertiary/aromatic N) is 1. The zero-order valence-electron chi connectivity index (χ0n) is 10.2. The number of carbonyl (C=O) groups is 1. The van der Waals surface area contributed by atoms with E-state index in [0.29, 0.717) is 11.3 Å². The summed E-state index contributed by atoms with van der Waals surface area (Å²) in [4.78, 5) is 12.0. The predicted octanol–water partition coefficient (Wildman–Crippen LogP) is 2.20. The fourth-order valence-corrected chi connectivity index (χ4v) is 1.66. The average Bonchev–Trinajstić information content (AvgIpc) is 2.48. The van der Waals surface area contributed by atoms with E-state index in [1.807, 2.05) is 36.4 Å². The number of nitrogens with one attached hydrogen (secondary N) is 1. The SMILES string of the molecule is N#Cc1ccc(NC(=O)[C@H](N)c2ccccc2)cc1. The summed E-state index contributed by atoms with van der Waals surface area (Å²) in [6, 6.07) is 17.1. The molecule has 2 rings (SSSR count). The summed E-state index contributed by atoms with van der Waals surface area (Å²) in [5, 5.41) is 11.4. The average molecular weight is 251 g/mol. The van der Waals surface area contributed by atoms with Gasteiger partial charge < -0.3 is 11.1 Å². The van der Waals surface area contributed by atoms with Crippen molar-refractivity contribution >= 4 is 11.6 Å². The summed E-state index contributed by atoms with van der Waals surface area (Å²) >= 11 is 0. The molecule has 0 bridgehead atoms. The Balaban J connectivity index is 2.06. The van der Waals surface area contributed by atoms with Crippen LogP contribution in [-0.2, 0) is 4.79 Å². The number of nitrogens with two attached hydrogens (primary N) is 1. The van der Waals surface area contributed by atoms with Gasteiger partial charge in [0.25, 0.3) is 0 Å². The van der Waals surface area contributed by atoms with Crippen molar-refractivity contribution in [2.75, 3.05) is 5.32 Å². The molecule has 0 saturated carbocycles. The first-order chi connectivity index (χ1) is 9.20. The smallest absolute Gasteiger partial charge is 0.245 e. The second kappa shape index (κ2) is 5.80. The van der Waals surface area contributed by atoms with E-state index in [2.05, 4.69) is 5.32 Å². The highest BCUT2D eigenvalue weighted by Gasteiger charge is 2.15. The Bertz CT molecular complexity index is 600. The Morgan fingerprint density at radius 1 is 1.11 bits per heavy atom. The summed E-state index contributed by atoms with van der Waals surface area (Å²) in [5.74, 6) is -0.282. The number of hydrogen-bond acceptors (Lipinski definition) is 3. The van der Waals surface area contributed by atoms with E-state index in [-0.39, 0.29) is 5.91 Å². The van der Waals surface area contributed by atoms with E-state index in [0.717, 1.165) is 5.56 Å². The van der Waals surface area contributed by atoms with Crippen LogP contribution >= 0.6 is 0 Å². The lowest BCUT2D eigenvalue weighted by Crippen LogP contribution is -2.27. The number of anilines is 1. The first-order valence-electron chi connectivity index (χ1n) is 5.82. The molecule has 2 aromatic carbocycles. The van der Waals surface area contributed by atoms with E-state index >= 15 is 0 Å². The quantitative estimate of drug-likeness (QED) is 0.877. The monoisotopic (exact) mass is 251 g/mol. The normalized spacial score (nSPS) is 11.4. The minimum atomic E-state index is -0.711. The third-order valence-electron chi connectivity index (χ3n) is 2.72. The zero-order chi connectivity index (χ0) is 13.7. The number of hydrogen-bond donors (Lipinski definition) is 2. The summed E-state index contributed by atoms with van der Waals surface area (Å²) in [7, 11) is 0. The Morgan fingerprint density at radius 2 is 1.74 bits per heavy atom. The van der Waals surface area contributed by atoms with Gasteiger partial charge in [0.15, 0.2) is 0 Å². The van der Waals surface area contributed by atoms with E-state index in [1.54, 1.807) is 24.3 Å². The minimum absolute atomic E-state index is 0.282. The van der Waals surface area contributed by atoms with Gasteiger partial charge in [-0.15, -0.1) is 0 Å². The van der Waals surface area contributed by atoms with Gasteiger partial charge in [0.2, 0.25) is 5.91 Å². The van der Waals surface area contributed by atoms with E-state index < -0.39 is 6.04 Å². The molecule has 0 fully saturated rings. The van der Waals surface area contributed by atoms with E-state index in [9.17, 15) is 4.79 Å². The maximum atomic E-state index is 12.0. The maximum Gasteiger partial charge on any atom is 0.245 e. The number of nitriles is 1. The van der Waals surface area contributed by atoms with Crippen molar-refractivity contribution in [1.29, 1.82) is 5.26 Å². The largest absolute Gasteiger partial charge is 0.324 e. The maximum absolute atomic E-state index is 12.0. The van der Waals surface area contributed by atoms with Gasteiger partial charge in [0, 0.05) is 5.69 Å². The molecule has 0 heterocycles. The van der Waals surface area contributed by atoms with Crippen molar-refractivity contribution in [3.8, 4) is 6.07 Å². The molecule has 0 aliphatic carbocycles. The van der Waals surface area contributed by atoms with Gasteiger partial charge >= 0.3 is 0 Å². The third-order valence-corrected chi connectivity index (χ3v) is 2.72. The lowest BCUT2D eigenvalue weighted by molar-refractivity contribution is -0.117. The van der Waals surface area contributed by atoms with Gasteiger partial charge in [-0.2, -0.15) is 5.26 Å². The highest BCUT2D eigenvalue weighted by Crippen LogP contribution is 2.14. The van der Waals surface area contributed by atoms with Crippen LogP contribution in [0.25, 0.3) is 0 Å². The first-order valence-corrected chi connectivity index (χ1v) is 5.82. The first kappa shape index (κ1) is 12.8. The highest BCUT2D eigenvalue weighted by atomic mass is 16.2. The molecular weight excluding hydrogens is 238 g/mol. The van der Waals surface area contributed by atoms with Crippen LogP contribution in [0, 0.1) is 11.3 Å². The summed E-state index contributed by atoms with van der Waals surface area (Å²) < 4.78 is 0. The van der Waals surface area contributed by atoms with E-state index in [4.69, 9.17) is 11.0 Å². The highest BCUT2D eigenvalue weighted by molar-refractivity contribution is 5.95. The number of amides is 1. The fourth-order valence-electron chi connectivity index (χ4n) is 1.66. The van der Waals surface area contributed by atoms with Crippen LogP contribution in [0.5, 0.6) is 0 Å². The second-order valence-electron chi connectivity index (χ2n) is 4.07. The topological polar surface area (TPSA) is 78.9 Å². The van der Waals surface area contributed by atoms with E-state index in [1.165, 1.54) is 0 Å². The van der Waals surface area contributed by atoms with Crippen molar-refractivity contribution in [2.24, 2.45) is 5.73 Å². The molecule has 0 spiro atoms. The molecule has 0 radical (unpaired) electrons. The number of carbonyl (C=O) groups excluding carboxylic acids is 1. The van der Waals surface area contributed by atoms with Crippen molar-refractivity contribution in [2.45, 2.75) is 6.04 Å². The van der Waals surface area contributed by atoms with Gasteiger partial charge in [-0.25, -0.2) is 0 Å².